The van der Waals surface area contributed by atoms with Gasteiger partial charge in [-0.15, -0.1) is 0 Å². The number of hydrogen-bond donors (Lipinski definition) is 2. The number of H-pyrrole nitrogens is 1. The molecule has 0 fully saturated rings. The molecule has 1 heterocycles. The first kappa shape index (κ1) is 10.2. The molecule has 5 nitrogen and oxygen atoms in total. The number of ketones is 1. The molecule has 2 rings (SSSR count). The van der Waals surface area contributed by atoms with Gasteiger partial charge in [0.1, 0.15) is 5.75 Å². The van der Waals surface area contributed by atoms with Gasteiger partial charge in [0, 0.05) is 11.8 Å². The number of rotatable bonds is 3. The second kappa shape index (κ2) is 4.06. The third-order valence-corrected chi connectivity index (χ3v) is 2.27. The zero-order valence-corrected chi connectivity index (χ0v) is 8.73. The molecule has 0 aliphatic carbocycles. The molecule has 0 saturated heterocycles. The number of aromatic nitrogens is 2. The average molecular weight is 217 g/mol. The Kier molecular flexibility index (Phi) is 2.59. The molecule has 0 unspecified atom stereocenters. The Morgan fingerprint density at radius 1 is 1.38 bits per heavy atom. The van der Waals surface area contributed by atoms with Crippen molar-refractivity contribution in [1.29, 1.82) is 0 Å². The first-order valence-electron chi connectivity index (χ1n) is 4.70. The van der Waals surface area contributed by atoms with Gasteiger partial charge in [0.25, 0.3) is 0 Å². The van der Waals surface area contributed by atoms with E-state index in [4.69, 9.17) is 10.5 Å². The number of ether oxygens (including phenoxy) is 1. The van der Waals surface area contributed by atoms with Crippen molar-refractivity contribution in [3.8, 4) is 5.75 Å². The molecular weight excluding hydrogens is 206 g/mol. The summed E-state index contributed by atoms with van der Waals surface area (Å²) in [5.74, 6) is 0.756. The van der Waals surface area contributed by atoms with Gasteiger partial charge in [-0.1, -0.05) is 0 Å². The highest BCUT2D eigenvalue weighted by molar-refractivity contribution is 6.11. The van der Waals surface area contributed by atoms with E-state index in [0.29, 0.717) is 16.9 Å². The molecule has 82 valence electrons. The quantitative estimate of drug-likeness (QED) is 0.758. The Hall–Kier alpha value is -2.30. The van der Waals surface area contributed by atoms with Crippen molar-refractivity contribution in [2.24, 2.45) is 0 Å². The number of carbonyl (C=O) groups excluding carboxylic acids is 1. The minimum atomic E-state index is -0.158. The number of anilines is 1. The molecule has 0 saturated carbocycles. The fourth-order valence-electron chi connectivity index (χ4n) is 1.38. The van der Waals surface area contributed by atoms with Gasteiger partial charge in [0.15, 0.2) is 11.6 Å². The van der Waals surface area contributed by atoms with Crippen LogP contribution in [-0.2, 0) is 0 Å². The van der Waals surface area contributed by atoms with Crippen LogP contribution in [0.15, 0.2) is 30.5 Å². The number of nitrogens with two attached hydrogens (primary N) is 1. The third-order valence-electron chi connectivity index (χ3n) is 2.27. The molecule has 1 aromatic heterocycles. The molecule has 3 N–H and O–H groups in total. The third kappa shape index (κ3) is 1.75. The van der Waals surface area contributed by atoms with Crippen molar-refractivity contribution < 1.29 is 9.53 Å². The van der Waals surface area contributed by atoms with Crippen LogP contribution in [0.4, 0.5) is 5.82 Å². The van der Waals surface area contributed by atoms with Crippen LogP contribution in [0.2, 0.25) is 0 Å². The number of nitrogens with zero attached hydrogens (tertiary/aromatic N) is 1. The summed E-state index contributed by atoms with van der Waals surface area (Å²) >= 11 is 0. The SMILES string of the molecule is COc1ccc(C(=O)c2c[nH]nc2N)cc1. The minimum Gasteiger partial charge on any atom is -0.497 e. The molecule has 1 aromatic carbocycles. The zero-order valence-electron chi connectivity index (χ0n) is 8.73. The van der Waals surface area contributed by atoms with E-state index in [9.17, 15) is 4.79 Å². The van der Waals surface area contributed by atoms with E-state index in [1.807, 2.05) is 0 Å². The molecule has 0 spiro atoms. The van der Waals surface area contributed by atoms with E-state index in [2.05, 4.69) is 10.2 Å². The molecule has 0 radical (unpaired) electrons. The van der Waals surface area contributed by atoms with E-state index in [1.54, 1.807) is 31.4 Å². The molecule has 2 aromatic rings. The monoisotopic (exact) mass is 217 g/mol. The molecule has 0 aliphatic heterocycles. The van der Waals surface area contributed by atoms with Crippen LogP contribution in [0, 0.1) is 0 Å². The molecule has 0 atom stereocenters. The van der Waals surface area contributed by atoms with Gasteiger partial charge in [-0.3, -0.25) is 9.89 Å². The summed E-state index contributed by atoms with van der Waals surface area (Å²) in [6.45, 7) is 0. The van der Waals surface area contributed by atoms with Crippen LogP contribution in [-0.4, -0.2) is 23.1 Å². The second-order valence-corrected chi connectivity index (χ2v) is 3.24. The molecule has 0 bridgehead atoms. The molecule has 0 aliphatic rings. The van der Waals surface area contributed by atoms with Gasteiger partial charge in [0.05, 0.1) is 12.7 Å². The highest BCUT2D eigenvalue weighted by Gasteiger charge is 2.13. The fraction of sp³-hybridized carbons (Fsp3) is 0.0909. The average Bonchev–Trinajstić information content (AvgIpc) is 2.75. The maximum Gasteiger partial charge on any atom is 0.198 e. The number of aromatic amines is 1. The predicted molar refractivity (Wildman–Crippen MR) is 59.4 cm³/mol. The topological polar surface area (TPSA) is 81.0 Å². The van der Waals surface area contributed by atoms with Crippen molar-refractivity contribution in [1.82, 2.24) is 10.2 Å². The van der Waals surface area contributed by atoms with Crippen molar-refractivity contribution in [2.75, 3.05) is 12.8 Å². The first-order chi connectivity index (χ1) is 7.72. The normalized spacial score (nSPS) is 10.1. The van der Waals surface area contributed by atoms with Gasteiger partial charge in [-0.25, -0.2) is 0 Å². The highest BCUT2D eigenvalue weighted by Crippen LogP contribution is 2.16. The Morgan fingerprint density at radius 2 is 2.06 bits per heavy atom. The first-order valence-corrected chi connectivity index (χ1v) is 4.70. The molecular formula is C11H11N3O2. The largest absolute Gasteiger partial charge is 0.497 e. The number of nitrogen functional groups attached to an aromatic ring is 1. The van der Waals surface area contributed by atoms with Gasteiger partial charge >= 0.3 is 0 Å². The fourth-order valence-corrected chi connectivity index (χ4v) is 1.38. The smallest absolute Gasteiger partial charge is 0.198 e. The summed E-state index contributed by atoms with van der Waals surface area (Å²) in [6, 6.07) is 6.83. The Morgan fingerprint density at radius 3 is 2.56 bits per heavy atom. The van der Waals surface area contributed by atoms with Crippen LogP contribution in [0.3, 0.4) is 0 Å². The number of hydrogen-bond acceptors (Lipinski definition) is 4. The minimum absolute atomic E-state index is 0.158. The molecule has 0 amide bonds. The van der Waals surface area contributed by atoms with E-state index in [1.165, 1.54) is 6.20 Å². The Balaban J connectivity index is 2.31. The van der Waals surface area contributed by atoms with Crippen LogP contribution in [0.25, 0.3) is 0 Å². The van der Waals surface area contributed by atoms with Crippen LogP contribution in [0.1, 0.15) is 15.9 Å². The lowest BCUT2D eigenvalue weighted by molar-refractivity contribution is 0.103. The highest BCUT2D eigenvalue weighted by atomic mass is 16.5. The van der Waals surface area contributed by atoms with Gasteiger partial charge in [0.2, 0.25) is 0 Å². The van der Waals surface area contributed by atoms with Gasteiger partial charge in [-0.2, -0.15) is 5.10 Å². The van der Waals surface area contributed by atoms with Gasteiger partial charge < -0.3 is 10.5 Å². The summed E-state index contributed by atoms with van der Waals surface area (Å²) in [5.41, 5.74) is 6.48. The van der Waals surface area contributed by atoms with Crippen LogP contribution >= 0.6 is 0 Å². The maximum atomic E-state index is 11.9. The summed E-state index contributed by atoms with van der Waals surface area (Å²) in [4.78, 5) is 11.9. The van der Waals surface area contributed by atoms with Crippen molar-refractivity contribution in [3.05, 3.63) is 41.6 Å². The number of methoxy groups -OCH3 is 1. The van der Waals surface area contributed by atoms with E-state index < -0.39 is 0 Å². The second-order valence-electron chi connectivity index (χ2n) is 3.24. The summed E-state index contributed by atoms with van der Waals surface area (Å²) in [5, 5.41) is 6.25. The number of nitrogens with one attached hydrogen (secondary N) is 1. The van der Waals surface area contributed by atoms with Crippen molar-refractivity contribution in [2.45, 2.75) is 0 Å². The number of carbonyl (C=O) groups is 1. The van der Waals surface area contributed by atoms with E-state index >= 15 is 0 Å². The van der Waals surface area contributed by atoms with Crippen LogP contribution < -0.4 is 10.5 Å². The lowest BCUT2D eigenvalue weighted by atomic mass is 10.1. The Labute approximate surface area is 92.2 Å². The lowest BCUT2D eigenvalue weighted by Crippen LogP contribution is -2.03. The predicted octanol–water partition coefficient (Wildman–Crippen LogP) is 1.23. The Bertz CT molecular complexity index is 502. The summed E-state index contributed by atoms with van der Waals surface area (Å²) in [6.07, 6.45) is 1.49. The summed E-state index contributed by atoms with van der Waals surface area (Å²) in [7, 11) is 1.57. The number of benzene rings is 1. The molecule has 16 heavy (non-hydrogen) atoms. The maximum absolute atomic E-state index is 11.9. The standard InChI is InChI=1S/C11H11N3O2/c1-16-8-4-2-7(3-5-8)10(15)9-6-13-14-11(9)12/h2-6H,1H3,(H3,12,13,14). The van der Waals surface area contributed by atoms with Gasteiger partial charge in [-0.05, 0) is 24.3 Å². The zero-order chi connectivity index (χ0) is 11.5. The summed E-state index contributed by atoms with van der Waals surface area (Å²) < 4.78 is 5.01. The van der Waals surface area contributed by atoms with E-state index in [0.717, 1.165) is 0 Å². The van der Waals surface area contributed by atoms with Crippen molar-refractivity contribution >= 4 is 11.6 Å². The van der Waals surface area contributed by atoms with E-state index in [-0.39, 0.29) is 11.6 Å². The van der Waals surface area contributed by atoms with Crippen molar-refractivity contribution in [3.63, 3.8) is 0 Å². The lowest BCUT2D eigenvalue weighted by Gasteiger charge is -2.01. The molecule has 5 heteroatoms. The van der Waals surface area contributed by atoms with Crippen LogP contribution in [0.5, 0.6) is 5.75 Å².